The molecule has 6 N–H and O–H groups in total. The van der Waals surface area contributed by atoms with Crippen molar-refractivity contribution < 1.29 is 35.4 Å². The molecule has 0 aromatic carbocycles. The highest BCUT2D eigenvalue weighted by molar-refractivity contribution is 5.75. The highest BCUT2D eigenvalue weighted by Gasteiger charge is 2.31. The van der Waals surface area contributed by atoms with E-state index in [1.54, 1.807) is 0 Å². The topological polar surface area (TPSA) is 142 Å². The second-order valence-electron chi connectivity index (χ2n) is 10.5. The van der Waals surface area contributed by atoms with Crippen LogP contribution in [0.2, 0.25) is 0 Å². The lowest BCUT2D eigenvalue weighted by molar-refractivity contribution is -0.138. The van der Waals surface area contributed by atoms with Crippen molar-refractivity contribution in [2.24, 2.45) is 0 Å². The van der Waals surface area contributed by atoms with Gasteiger partial charge in [0.25, 0.3) is 0 Å². The van der Waals surface area contributed by atoms with Crippen LogP contribution in [-0.4, -0.2) is 92.2 Å². The number of aliphatic hydroxyl groups excluding tert-OH is 6. The summed E-state index contributed by atoms with van der Waals surface area (Å²) < 4.78 is 0. The van der Waals surface area contributed by atoms with Gasteiger partial charge in [0.15, 0.2) is 0 Å². The third kappa shape index (κ3) is 18.5. The molecular weight excluding hydrogens is 462 g/mol. The predicted octanol–water partition coefficient (Wildman–Crippen LogP) is 3.28. The molecule has 8 heteroatoms. The number of rotatable bonds is 25. The van der Waals surface area contributed by atoms with Crippen molar-refractivity contribution in [2.45, 2.75) is 153 Å². The summed E-state index contributed by atoms with van der Waals surface area (Å²) in [5, 5.41) is 57.8. The Morgan fingerprint density at radius 3 is 1.53 bits per heavy atom. The van der Waals surface area contributed by atoms with E-state index in [9.17, 15) is 30.3 Å². The first-order valence-electron chi connectivity index (χ1n) is 14.5. The van der Waals surface area contributed by atoms with Gasteiger partial charge in [-0.25, -0.2) is 0 Å². The predicted molar refractivity (Wildman–Crippen MR) is 144 cm³/mol. The molecule has 0 aromatic rings. The molecule has 0 rings (SSSR count). The van der Waals surface area contributed by atoms with Gasteiger partial charge >= 0.3 is 0 Å². The Morgan fingerprint density at radius 2 is 1.06 bits per heavy atom. The number of carbonyl (C=O) groups is 1. The highest BCUT2D eigenvalue weighted by Crippen LogP contribution is 2.15. The third-order valence-electron chi connectivity index (χ3n) is 7.03. The van der Waals surface area contributed by atoms with E-state index in [-0.39, 0.29) is 18.9 Å². The highest BCUT2D eigenvalue weighted by atomic mass is 16.4. The zero-order valence-corrected chi connectivity index (χ0v) is 23.1. The van der Waals surface area contributed by atoms with Gasteiger partial charge in [-0.3, -0.25) is 4.79 Å². The first kappa shape index (κ1) is 35.2. The lowest BCUT2D eigenvalue weighted by atomic mass is 10.0. The average Bonchev–Trinajstić information content (AvgIpc) is 2.87. The van der Waals surface area contributed by atoms with E-state index in [0.717, 1.165) is 19.3 Å². The fourth-order valence-corrected chi connectivity index (χ4v) is 4.45. The Kier molecular flexibility index (Phi) is 22.9. The van der Waals surface area contributed by atoms with Crippen molar-refractivity contribution in [3.05, 3.63) is 0 Å². The summed E-state index contributed by atoms with van der Waals surface area (Å²) in [5.74, 6) is -0.234. The molecule has 0 spiro atoms. The fraction of sp³-hybridized carbons (Fsp3) is 0.964. The van der Waals surface area contributed by atoms with Gasteiger partial charge in [-0.05, 0) is 19.3 Å². The summed E-state index contributed by atoms with van der Waals surface area (Å²) in [7, 11) is 1.48. The zero-order chi connectivity index (χ0) is 27.2. The molecule has 0 aromatic heterocycles. The van der Waals surface area contributed by atoms with Crippen molar-refractivity contribution in [3.8, 4) is 0 Å². The Bertz CT molecular complexity index is 508. The Morgan fingerprint density at radius 1 is 0.639 bits per heavy atom. The lowest BCUT2D eigenvalue weighted by Gasteiger charge is -2.28. The van der Waals surface area contributed by atoms with Crippen LogP contribution in [0.4, 0.5) is 0 Å². The van der Waals surface area contributed by atoms with Crippen LogP contribution in [0.5, 0.6) is 0 Å². The average molecular weight is 520 g/mol. The smallest absolute Gasteiger partial charge is 0.222 e. The maximum Gasteiger partial charge on any atom is 0.222 e. The van der Waals surface area contributed by atoms with Gasteiger partial charge in [0.05, 0.1) is 12.7 Å². The van der Waals surface area contributed by atoms with Crippen molar-refractivity contribution >= 4 is 5.91 Å². The largest absolute Gasteiger partial charge is 0.394 e. The third-order valence-corrected chi connectivity index (χ3v) is 7.03. The lowest BCUT2D eigenvalue weighted by Crippen LogP contribution is -2.49. The minimum atomic E-state index is -1.71. The molecule has 36 heavy (non-hydrogen) atoms. The van der Waals surface area contributed by atoms with E-state index in [2.05, 4.69) is 6.92 Å². The maximum absolute atomic E-state index is 12.2. The van der Waals surface area contributed by atoms with E-state index in [0.29, 0.717) is 12.8 Å². The molecule has 0 saturated heterocycles. The quantitative estimate of drug-likeness (QED) is 0.102. The molecule has 1 amide bonds. The van der Waals surface area contributed by atoms with E-state index < -0.39 is 37.1 Å². The molecule has 0 aliphatic rings. The summed E-state index contributed by atoms with van der Waals surface area (Å²) in [6.45, 7) is 1.29. The fourth-order valence-electron chi connectivity index (χ4n) is 4.45. The number of carbonyl (C=O) groups excluding carboxylic acids is 1. The van der Waals surface area contributed by atoms with Crippen LogP contribution < -0.4 is 0 Å². The van der Waals surface area contributed by atoms with Gasteiger partial charge in [0.1, 0.15) is 24.4 Å². The second-order valence-corrected chi connectivity index (χ2v) is 10.5. The minimum Gasteiger partial charge on any atom is -0.394 e. The van der Waals surface area contributed by atoms with Crippen molar-refractivity contribution in [1.82, 2.24) is 4.90 Å². The normalized spacial score (nSPS) is 15.9. The molecular formula is C28H57NO7. The van der Waals surface area contributed by atoms with Crippen LogP contribution in [0.3, 0.4) is 0 Å². The SMILES string of the molecule is CCCCCCCCCCCCCCCCC(O)CCCC(=O)N(C)CC(O)C(O)C(O)C(O)CO. The number of hydrogen-bond donors (Lipinski definition) is 6. The Balaban J connectivity index is 3.69. The zero-order valence-electron chi connectivity index (χ0n) is 23.1. The summed E-state index contributed by atoms with van der Waals surface area (Å²) in [4.78, 5) is 13.5. The molecule has 0 saturated carbocycles. The van der Waals surface area contributed by atoms with E-state index in [4.69, 9.17) is 5.11 Å². The van der Waals surface area contributed by atoms with Crippen LogP contribution in [0.1, 0.15) is 122 Å². The van der Waals surface area contributed by atoms with Crippen molar-refractivity contribution in [2.75, 3.05) is 20.2 Å². The van der Waals surface area contributed by atoms with Crippen LogP contribution >= 0.6 is 0 Å². The molecule has 216 valence electrons. The first-order chi connectivity index (χ1) is 17.2. The summed E-state index contributed by atoms with van der Waals surface area (Å²) in [5.41, 5.74) is 0. The van der Waals surface area contributed by atoms with Gasteiger partial charge in [0, 0.05) is 20.0 Å². The molecule has 0 fully saturated rings. The Labute approximate surface area is 219 Å². The standard InChI is InChI=1S/C28H57NO7/c1-3-4-5-6-7-8-9-10-11-12-13-14-15-16-18-23(31)19-17-20-26(34)29(2)21-24(32)27(35)28(36)25(33)22-30/h23-25,27-28,30-33,35-36H,3-22H2,1-2H3. The van der Waals surface area contributed by atoms with E-state index in [1.165, 1.54) is 89.0 Å². The summed E-state index contributed by atoms with van der Waals surface area (Å²) >= 11 is 0. The van der Waals surface area contributed by atoms with Crippen LogP contribution in [0.25, 0.3) is 0 Å². The van der Waals surface area contributed by atoms with Crippen LogP contribution in [0.15, 0.2) is 0 Å². The van der Waals surface area contributed by atoms with Gasteiger partial charge in [-0.2, -0.15) is 0 Å². The van der Waals surface area contributed by atoms with Gasteiger partial charge in [-0.1, -0.05) is 96.8 Å². The van der Waals surface area contributed by atoms with Gasteiger partial charge < -0.3 is 35.5 Å². The molecule has 5 atom stereocenters. The summed E-state index contributed by atoms with van der Waals surface area (Å²) in [6.07, 6.45) is 13.4. The number of hydrogen-bond acceptors (Lipinski definition) is 7. The van der Waals surface area contributed by atoms with Crippen LogP contribution in [0, 0.1) is 0 Å². The molecule has 5 unspecified atom stereocenters. The molecule has 0 radical (unpaired) electrons. The molecule has 0 aliphatic heterocycles. The van der Waals surface area contributed by atoms with Crippen LogP contribution in [-0.2, 0) is 4.79 Å². The molecule has 0 bridgehead atoms. The Hall–Kier alpha value is -0.770. The second kappa shape index (κ2) is 23.4. The number of nitrogens with zero attached hydrogens (tertiary/aromatic N) is 1. The summed E-state index contributed by atoms with van der Waals surface area (Å²) in [6, 6.07) is 0. The van der Waals surface area contributed by atoms with Crippen molar-refractivity contribution in [3.63, 3.8) is 0 Å². The number of unbranched alkanes of at least 4 members (excludes halogenated alkanes) is 13. The maximum atomic E-state index is 12.2. The first-order valence-corrected chi connectivity index (χ1v) is 14.5. The monoisotopic (exact) mass is 519 g/mol. The number of amides is 1. The van der Waals surface area contributed by atoms with Gasteiger partial charge in [-0.15, -0.1) is 0 Å². The molecule has 8 nitrogen and oxygen atoms in total. The van der Waals surface area contributed by atoms with E-state index >= 15 is 0 Å². The van der Waals surface area contributed by atoms with Crippen molar-refractivity contribution in [1.29, 1.82) is 0 Å². The minimum absolute atomic E-state index is 0.211. The molecule has 0 aliphatic carbocycles. The number of aliphatic hydroxyl groups is 6. The van der Waals surface area contributed by atoms with Gasteiger partial charge in [0.2, 0.25) is 5.91 Å². The number of likely N-dealkylation sites (N-methyl/N-ethyl adjacent to an activating group) is 1. The van der Waals surface area contributed by atoms with E-state index in [1.807, 2.05) is 0 Å². The molecule has 0 heterocycles.